The SMILES string of the molecule is CCOC(=O)[C@H](OC(C)=O)[C@H](c1ccc2c(c1)OCO2)c1cc(O)c(OC)cc1C. The molecule has 1 aliphatic rings. The summed E-state index contributed by atoms with van der Waals surface area (Å²) in [6.45, 7) is 4.92. The zero-order valence-corrected chi connectivity index (χ0v) is 17.3. The molecule has 1 heterocycles. The summed E-state index contributed by atoms with van der Waals surface area (Å²) in [4.78, 5) is 24.6. The number of methoxy groups -OCH3 is 1. The van der Waals surface area contributed by atoms with Crippen molar-refractivity contribution in [3.8, 4) is 23.0 Å². The van der Waals surface area contributed by atoms with Crippen LogP contribution in [0.4, 0.5) is 0 Å². The summed E-state index contributed by atoms with van der Waals surface area (Å²) in [5.74, 6) is -0.807. The van der Waals surface area contributed by atoms with Gasteiger partial charge in [-0.05, 0) is 54.8 Å². The van der Waals surface area contributed by atoms with Gasteiger partial charge in [0.05, 0.1) is 19.6 Å². The third-order valence-corrected chi connectivity index (χ3v) is 4.77. The van der Waals surface area contributed by atoms with Crippen molar-refractivity contribution in [2.45, 2.75) is 32.8 Å². The van der Waals surface area contributed by atoms with Gasteiger partial charge in [0.2, 0.25) is 12.9 Å². The second-order valence-corrected chi connectivity index (χ2v) is 6.75. The number of aryl methyl sites for hydroxylation is 1. The molecular formula is C22H24O8. The highest BCUT2D eigenvalue weighted by atomic mass is 16.7. The maximum absolute atomic E-state index is 12.8. The number of carbonyl (C=O) groups excluding carboxylic acids is 2. The molecule has 0 fully saturated rings. The van der Waals surface area contributed by atoms with Gasteiger partial charge >= 0.3 is 11.9 Å². The summed E-state index contributed by atoms with van der Waals surface area (Å²) in [5, 5.41) is 10.4. The lowest BCUT2D eigenvalue weighted by Crippen LogP contribution is -2.35. The van der Waals surface area contributed by atoms with Gasteiger partial charge in [-0.15, -0.1) is 0 Å². The molecular weight excluding hydrogens is 392 g/mol. The van der Waals surface area contributed by atoms with Gasteiger partial charge in [0.25, 0.3) is 0 Å². The van der Waals surface area contributed by atoms with Gasteiger partial charge in [-0.3, -0.25) is 4.79 Å². The first kappa shape index (κ1) is 21.3. The number of rotatable bonds is 7. The van der Waals surface area contributed by atoms with Crippen LogP contribution in [-0.2, 0) is 19.1 Å². The Morgan fingerprint density at radius 1 is 1.17 bits per heavy atom. The quantitative estimate of drug-likeness (QED) is 0.688. The average molecular weight is 416 g/mol. The van der Waals surface area contributed by atoms with E-state index in [2.05, 4.69) is 0 Å². The number of ether oxygens (including phenoxy) is 5. The van der Waals surface area contributed by atoms with Gasteiger partial charge in [0.1, 0.15) is 0 Å². The first-order valence-electron chi connectivity index (χ1n) is 9.46. The molecule has 0 amide bonds. The molecule has 0 spiro atoms. The Hall–Kier alpha value is -3.42. The summed E-state index contributed by atoms with van der Waals surface area (Å²) in [6, 6.07) is 8.36. The molecule has 2 aromatic rings. The molecule has 160 valence electrons. The fourth-order valence-corrected chi connectivity index (χ4v) is 3.46. The van der Waals surface area contributed by atoms with Crippen LogP contribution in [0.25, 0.3) is 0 Å². The third-order valence-electron chi connectivity index (χ3n) is 4.77. The Labute approximate surface area is 174 Å². The fraction of sp³-hybridized carbons (Fsp3) is 0.364. The van der Waals surface area contributed by atoms with Crippen LogP contribution in [0.5, 0.6) is 23.0 Å². The van der Waals surface area contributed by atoms with Gasteiger partial charge in [-0.25, -0.2) is 4.79 Å². The summed E-state index contributed by atoms with van der Waals surface area (Å²) in [6.07, 6.45) is -1.27. The van der Waals surface area contributed by atoms with Crippen molar-refractivity contribution in [3.05, 3.63) is 47.0 Å². The second-order valence-electron chi connectivity index (χ2n) is 6.75. The van der Waals surface area contributed by atoms with Gasteiger partial charge in [0, 0.05) is 6.92 Å². The van der Waals surface area contributed by atoms with E-state index in [0.29, 0.717) is 28.4 Å². The van der Waals surface area contributed by atoms with E-state index in [-0.39, 0.29) is 19.1 Å². The summed E-state index contributed by atoms with van der Waals surface area (Å²) < 4.78 is 26.6. The van der Waals surface area contributed by atoms with E-state index in [1.165, 1.54) is 20.1 Å². The maximum Gasteiger partial charge on any atom is 0.348 e. The molecule has 2 aromatic carbocycles. The topological polar surface area (TPSA) is 101 Å². The van der Waals surface area contributed by atoms with Crippen molar-refractivity contribution in [1.29, 1.82) is 0 Å². The molecule has 3 rings (SSSR count). The van der Waals surface area contributed by atoms with Gasteiger partial charge in [-0.1, -0.05) is 6.07 Å². The highest BCUT2D eigenvalue weighted by Gasteiger charge is 2.37. The van der Waals surface area contributed by atoms with Crippen LogP contribution >= 0.6 is 0 Å². The van der Waals surface area contributed by atoms with E-state index in [0.717, 1.165) is 5.56 Å². The second kappa shape index (κ2) is 8.94. The number of aromatic hydroxyl groups is 1. The number of carbonyl (C=O) groups is 2. The summed E-state index contributed by atoms with van der Waals surface area (Å²) in [7, 11) is 1.45. The number of fused-ring (bicyclic) bond motifs is 1. The van der Waals surface area contributed by atoms with Gasteiger partial charge in [0.15, 0.2) is 23.0 Å². The van der Waals surface area contributed by atoms with Crippen molar-refractivity contribution in [3.63, 3.8) is 0 Å². The van der Waals surface area contributed by atoms with E-state index < -0.39 is 24.0 Å². The summed E-state index contributed by atoms with van der Waals surface area (Å²) in [5.41, 5.74) is 1.94. The zero-order valence-electron chi connectivity index (χ0n) is 17.3. The number of benzene rings is 2. The van der Waals surface area contributed by atoms with Gasteiger partial charge in [-0.2, -0.15) is 0 Å². The van der Waals surface area contributed by atoms with Crippen molar-refractivity contribution in [2.24, 2.45) is 0 Å². The Bertz CT molecular complexity index is 952. The van der Waals surface area contributed by atoms with E-state index in [1.807, 2.05) is 6.92 Å². The Morgan fingerprint density at radius 3 is 2.57 bits per heavy atom. The van der Waals surface area contributed by atoms with E-state index >= 15 is 0 Å². The molecule has 8 heteroatoms. The highest BCUT2D eigenvalue weighted by molar-refractivity contribution is 5.81. The summed E-state index contributed by atoms with van der Waals surface area (Å²) >= 11 is 0. The Kier molecular flexibility index (Phi) is 6.34. The lowest BCUT2D eigenvalue weighted by Gasteiger charge is -2.27. The Balaban J connectivity index is 2.18. The minimum atomic E-state index is -1.27. The van der Waals surface area contributed by atoms with Crippen molar-refractivity contribution in [1.82, 2.24) is 0 Å². The van der Waals surface area contributed by atoms with Gasteiger partial charge < -0.3 is 28.8 Å². The first-order chi connectivity index (χ1) is 14.3. The standard InChI is InChI=1S/C22H24O8/c1-5-27-22(25)21(30-13(3)23)20(14-6-7-17-19(9-14)29-11-28-17)15-10-16(24)18(26-4)8-12(15)2/h6-10,20-21,24H,5,11H2,1-4H3/t20-,21-/m1/s1. The molecule has 0 aromatic heterocycles. The number of hydrogen-bond donors (Lipinski definition) is 1. The first-order valence-corrected chi connectivity index (χ1v) is 9.46. The molecule has 0 unspecified atom stereocenters. The zero-order chi connectivity index (χ0) is 21.8. The van der Waals surface area contributed by atoms with Crippen LogP contribution in [0.3, 0.4) is 0 Å². The van der Waals surface area contributed by atoms with Crippen LogP contribution in [0, 0.1) is 6.92 Å². The molecule has 0 saturated carbocycles. The highest BCUT2D eigenvalue weighted by Crippen LogP contribution is 2.42. The Morgan fingerprint density at radius 2 is 1.90 bits per heavy atom. The van der Waals surface area contributed by atoms with E-state index in [9.17, 15) is 14.7 Å². The predicted molar refractivity (Wildman–Crippen MR) is 106 cm³/mol. The van der Waals surface area contributed by atoms with Crippen molar-refractivity contribution >= 4 is 11.9 Å². The average Bonchev–Trinajstić information content (AvgIpc) is 3.17. The molecule has 0 radical (unpaired) electrons. The largest absolute Gasteiger partial charge is 0.504 e. The molecule has 0 bridgehead atoms. The van der Waals surface area contributed by atoms with Crippen LogP contribution in [0.1, 0.15) is 36.5 Å². The monoisotopic (exact) mass is 416 g/mol. The number of phenols is 1. The van der Waals surface area contributed by atoms with Crippen LogP contribution in [0.2, 0.25) is 0 Å². The maximum atomic E-state index is 12.8. The van der Waals surface area contributed by atoms with E-state index in [4.69, 9.17) is 23.7 Å². The molecule has 30 heavy (non-hydrogen) atoms. The predicted octanol–water partition coefficient (Wildman–Crippen LogP) is 3.06. The third kappa shape index (κ3) is 4.27. The van der Waals surface area contributed by atoms with Crippen LogP contribution in [0.15, 0.2) is 30.3 Å². The van der Waals surface area contributed by atoms with E-state index in [1.54, 1.807) is 31.2 Å². The number of esters is 2. The van der Waals surface area contributed by atoms with Crippen LogP contribution in [-0.4, -0.2) is 43.7 Å². The van der Waals surface area contributed by atoms with Crippen LogP contribution < -0.4 is 14.2 Å². The molecule has 1 N–H and O–H groups in total. The van der Waals surface area contributed by atoms with Crippen molar-refractivity contribution in [2.75, 3.05) is 20.5 Å². The minimum absolute atomic E-state index is 0.0943. The number of hydrogen-bond acceptors (Lipinski definition) is 8. The normalized spacial score (nSPS) is 14.0. The molecule has 0 saturated heterocycles. The molecule has 2 atom stereocenters. The number of phenolic OH excluding ortho intramolecular Hbond substituents is 1. The van der Waals surface area contributed by atoms with Crippen molar-refractivity contribution < 1.29 is 38.4 Å². The molecule has 0 aliphatic carbocycles. The fourth-order valence-electron chi connectivity index (χ4n) is 3.46. The smallest absolute Gasteiger partial charge is 0.348 e. The lowest BCUT2D eigenvalue weighted by molar-refractivity contribution is -0.167. The minimum Gasteiger partial charge on any atom is -0.504 e. The molecule has 1 aliphatic heterocycles. The molecule has 8 nitrogen and oxygen atoms in total. The lowest BCUT2D eigenvalue weighted by atomic mass is 9.83.